The number of hydrogen-bond donors (Lipinski definition) is 2. The highest BCUT2D eigenvalue weighted by Crippen LogP contribution is 2.34. The number of carbonyl (C=O) groups is 1. The van der Waals surface area contributed by atoms with Crippen LogP contribution in [-0.4, -0.2) is 31.7 Å². The van der Waals surface area contributed by atoms with Crippen LogP contribution in [0.3, 0.4) is 0 Å². The van der Waals surface area contributed by atoms with Gasteiger partial charge >= 0.3 is 6.18 Å². The number of nitrogens with one attached hydrogen (secondary N) is 2. The summed E-state index contributed by atoms with van der Waals surface area (Å²) >= 11 is 0. The molecule has 1 aliphatic heterocycles. The van der Waals surface area contributed by atoms with Crippen LogP contribution in [0.5, 0.6) is 0 Å². The highest BCUT2D eigenvalue weighted by molar-refractivity contribution is 5.85. The third-order valence-electron chi connectivity index (χ3n) is 3.54. The fourth-order valence-corrected chi connectivity index (χ4v) is 2.49. The van der Waals surface area contributed by atoms with E-state index in [0.29, 0.717) is 19.8 Å². The average Bonchev–Trinajstić information content (AvgIpc) is 2.47. The molecule has 2 unspecified atom stereocenters. The molecule has 0 aromatic heterocycles. The van der Waals surface area contributed by atoms with E-state index in [1.54, 1.807) is 6.92 Å². The molecule has 1 fully saturated rings. The largest absolute Gasteiger partial charge is 0.416 e. The maximum Gasteiger partial charge on any atom is 0.416 e. The Bertz CT molecular complexity index is 520. The molecule has 2 rings (SSSR count). The number of carbonyl (C=O) groups excluding carboxylic acids is 1. The Kier molecular flexibility index (Phi) is 7.31. The van der Waals surface area contributed by atoms with Crippen molar-refractivity contribution in [3.63, 3.8) is 0 Å². The van der Waals surface area contributed by atoms with Gasteiger partial charge in [-0.2, -0.15) is 13.2 Å². The van der Waals surface area contributed by atoms with E-state index < -0.39 is 17.8 Å². The quantitative estimate of drug-likeness (QED) is 0.876. The van der Waals surface area contributed by atoms with Crippen molar-refractivity contribution < 1.29 is 22.7 Å². The zero-order valence-corrected chi connectivity index (χ0v) is 13.5. The van der Waals surface area contributed by atoms with Gasteiger partial charge in [0.2, 0.25) is 5.91 Å². The molecule has 0 bridgehead atoms. The molecule has 1 saturated heterocycles. The molecule has 0 spiro atoms. The highest BCUT2D eigenvalue weighted by Gasteiger charge is 2.34. The van der Waals surface area contributed by atoms with Gasteiger partial charge in [-0.3, -0.25) is 4.79 Å². The van der Waals surface area contributed by atoms with E-state index in [-0.39, 0.29) is 36.3 Å². The van der Waals surface area contributed by atoms with Crippen molar-refractivity contribution in [2.75, 3.05) is 19.8 Å². The first-order valence-corrected chi connectivity index (χ1v) is 7.14. The van der Waals surface area contributed by atoms with E-state index in [1.807, 2.05) is 0 Å². The summed E-state index contributed by atoms with van der Waals surface area (Å²) in [5.74, 6) is -0.299. The lowest BCUT2D eigenvalue weighted by Crippen LogP contribution is -2.44. The summed E-state index contributed by atoms with van der Waals surface area (Å²) in [6, 6.07) is 4.46. The zero-order valence-electron chi connectivity index (χ0n) is 12.7. The van der Waals surface area contributed by atoms with Gasteiger partial charge in [-0.05, 0) is 18.6 Å². The lowest BCUT2D eigenvalue weighted by atomic mass is 10.0. The highest BCUT2D eigenvalue weighted by atomic mass is 35.5. The summed E-state index contributed by atoms with van der Waals surface area (Å²) in [5.41, 5.74) is -0.655. The van der Waals surface area contributed by atoms with Gasteiger partial charge in [-0.1, -0.05) is 18.2 Å². The van der Waals surface area contributed by atoms with E-state index in [1.165, 1.54) is 18.2 Å². The molecule has 0 aliphatic carbocycles. The first-order chi connectivity index (χ1) is 10.4. The van der Waals surface area contributed by atoms with Crippen molar-refractivity contribution in [2.45, 2.75) is 31.6 Å². The summed E-state index contributed by atoms with van der Waals surface area (Å²) in [5, 5.41) is 5.75. The number of amides is 1. The summed E-state index contributed by atoms with van der Waals surface area (Å²) in [4.78, 5) is 12.0. The van der Waals surface area contributed by atoms with Crippen LogP contribution in [0.25, 0.3) is 0 Å². The topological polar surface area (TPSA) is 50.4 Å². The summed E-state index contributed by atoms with van der Waals surface area (Å²) < 4.78 is 44.2. The third kappa shape index (κ3) is 5.67. The van der Waals surface area contributed by atoms with Crippen molar-refractivity contribution >= 4 is 18.3 Å². The van der Waals surface area contributed by atoms with Gasteiger partial charge in [0, 0.05) is 19.0 Å². The maximum atomic E-state index is 13.0. The van der Waals surface area contributed by atoms with E-state index in [0.717, 1.165) is 6.07 Å². The lowest BCUT2D eigenvalue weighted by molar-refractivity contribution is -0.138. The van der Waals surface area contributed by atoms with Crippen LogP contribution in [0.15, 0.2) is 24.3 Å². The van der Waals surface area contributed by atoms with Crippen LogP contribution in [0, 0.1) is 0 Å². The Balaban J connectivity index is 0.00000264. The lowest BCUT2D eigenvalue weighted by Gasteiger charge is -2.24. The van der Waals surface area contributed by atoms with E-state index >= 15 is 0 Å². The number of hydrogen-bond acceptors (Lipinski definition) is 3. The Labute approximate surface area is 139 Å². The van der Waals surface area contributed by atoms with Gasteiger partial charge in [0.05, 0.1) is 24.8 Å². The third-order valence-corrected chi connectivity index (χ3v) is 3.54. The molecule has 1 aromatic rings. The smallest absolute Gasteiger partial charge is 0.378 e. The summed E-state index contributed by atoms with van der Waals surface area (Å²) in [7, 11) is 0. The van der Waals surface area contributed by atoms with Crippen LogP contribution in [0.2, 0.25) is 0 Å². The molecule has 0 saturated carbocycles. The van der Waals surface area contributed by atoms with Crippen molar-refractivity contribution in [1.29, 1.82) is 0 Å². The molecular formula is C15H20ClF3N2O2. The van der Waals surface area contributed by atoms with Gasteiger partial charge in [0.1, 0.15) is 0 Å². The number of ether oxygens (including phenoxy) is 1. The summed E-state index contributed by atoms with van der Waals surface area (Å²) in [6.45, 7) is 3.26. The zero-order chi connectivity index (χ0) is 16.2. The SMILES string of the molecule is CC(NC(=O)CC1COCCN1)c1ccccc1C(F)(F)F.Cl. The molecule has 1 aliphatic rings. The minimum atomic E-state index is -4.44. The fourth-order valence-electron chi connectivity index (χ4n) is 2.49. The molecule has 1 heterocycles. The predicted molar refractivity (Wildman–Crippen MR) is 82.5 cm³/mol. The number of morpholine rings is 1. The van der Waals surface area contributed by atoms with Crippen LogP contribution in [0.1, 0.15) is 30.5 Å². The monoisotopic (exact) mass is 352 g/mol. The Morgan fingerprint density at radius 3 is 2.74 bits per heavy atom. The molecule has 1 aromatic carbocycles. The van der Waals surface area contributed by atoms with Crippen molar-refractivity contribution in [1.82, 2.24) is 10.6 Å². The molecular weight excluding hydrogens is 333 g/mol. The second-order valence-corrected chi connectivity index (χ2v) is 5.30. The first kappa shape index (κ1) is 19.7. The molecule has 4 nitrogen and oxygen atoms in total. The Morgan fingerprint density at radius 1 is 1.43 bits per heavy atom. The van der Waals surface area contributed by atoms with Crippen molar-refractivity contribution in [2.24, 2.45) is 0 Å². The minimum absolute atomic E-state index is 0. The number of benzene rings is 1. The Hall–Kier alpha value is -1.31. The van der Waals surface area contributed by atoms with Crippen LogP contribution in [-0.2, 0) is 15.7 Å². The van der Waals surface area contributed by atoms with Gasteiger partial charge in [-0.15, -0.1) is 12.4 Å². The fraction of sp³-hybridized carbons (Fsp3) is 0.533. The Morgan fingerprint density at radius 2 is 2.13 bits per heavy atom. The van der Waals surface area contributed by atoms with Gasteiger partial charge in [-0.25, -0.2) is 0 Å². The predicted octanol–water partition coefficient (Wildman–Crippen LogP) is 2.68. The minimum Gasteiger partial charge on any atom is -0.378 e. The second-order valence-electron chi connectivity index (χ2n) is 5.30. The molecule has 2 atom stereocenters. The molecule has 1 amide bonds. The van der Waals surface area contributed by atoms with E-state index in [9.17, 15) is 18.0 Å². The van der Waals surface area contributed by atoms with Crippen molar-refractivity contribution in [3.05, 3.63) is 35.4 Å². The second kappa shape index (κ2) is 8.52. The van der Waals surface area contributed by atoms with Crippen LogP contribution >= 0.6 is 12.4 Å². The maximum absolute atomic E-state index is 13.0. The normalized spacial score (nSPS) is 19.6. The number of halogens is 4. The molecule has 8 heteroatoms. The number of alkyl halides is 3. The van der Waals surface area contributed by atoms with Gasteiger partial charge in [0.25, 0.3) is 0 Å². The molecule has 23 heavy (non-hydrogen) atoms. The molecule has 2 N–H and O–H groups in total. The first-order valence-electron chi connectivity index (χ1n) is 7.14. The van der Waals surface area contributed by atoms with Crippen LogP contribution < -0.4 is 10.6 Å². The average molecular weight is 353 g/mol. The van der Waals surface area contributed by atoms with E-state index in [2.05, 4.69) is 10.6 Å². The van der Waals surface area contributed by atoms with Crippen LogP contribution in [0.4, 0.5) is 13.2 Å². The summed E-state index contributed by atoms with van der Waals surface area (Å²) in [6.07, 6.45) is -4.26. The number of rotatable bonds is 4. The molecule has 130 valence electrons. The molecule has 0 radical (unpaired) electrons. The van der Waals surface area contributed by atoms with Gasteiger partial charge in [0.15, 0.2) is 0 Å². The van der Waals surface area contributed by atoms with Gasteiger partial charge < -0.3 is 15.4 Å². The van der Waals surface area contributed by atoms with Crippen molar-refractivity contribution in [3.8, 4) is 0 Å². The standard InChI is InChI=1S/C15H19F3N2O2.ClH/c1-10(12-4-2-3-5-13(12)15(16,17)18)20-14(21)8-11-9-22-7-6-19-11;/h2-5,10-11,19H,6-9H2,1H3,(H,20,21);1H. The van der Waals surface area contributed by atoms with E-state index in [4.69, 9.17) is 4.74 Å².